The number of aromatic nitrogens is 3. The van der Waals surface area contributed by atoms with Gasteiger partial charge in [0.05, 0.1) is 23.3 Å². The van der Waals surface area contributed by atoms with E-state index in [9.17, 15) is 9.18 Å². The molecule has 1 aliphatic rings. The van der Waals surface area contributed by atoms with E-state index in [0.29, 0.717) is 29.1 Å². The highest BCUT2D eigenvalue weighted by Crippen LogP contribution is 2.36. The molecule has 0 radical (unpaired) electrons. The molecular weight excluding hydrogens is 375 g/mol. The van der Waals surface area contributed by atoms with Gasteiger partial charge in [-0.2, -0.15) is 10.1 Å². The fraction of sp³-hybridized carbons (Fsp3) is 0.278. The Kier molecular flexibility index (Phi) is 4.35. The van der Waals surface area contributed by atoms with Crippen LogP contribution in [-0.2, 0) is 0 Å². The van der Waals surface area contributed by atoms with Crippen LogP contribution in [0.2, 0.25) is 5.02 Å². The Morgan fingerprint density at radius 3 is 2.96 bits per heavy atom. The molecule has 0 saturated carbocycles. The third-order valence-electron chi connectivity index (χ3n) is 4.40. The summed E-state index contributed by atoms with van der Waals surface area (Å²) in [4.78, 5) is 18.6. The molecule has 3 heterocycles. The van der Waals surface area contributed by atoms with Gasteiger partial charge in [-0.05, 0) is 19.1 Å². The quantitative estimate of drug-likeness (QED) is 0.590. The number of rotatable bonds is 0. The van der Waals surface area contributed by atoms with Gasteiger partial charge in [-0.3, -0.25) is 4.79 Å². The molecule has 2 bridgehead atoms. The Morgan fingerprint density at radius 2 is 2.15 bits per heavy atom. The van der Waals surface area contributed by atoms with E-state index < -0.39 is 11.9 Å². The number of halogens is 2. The van der Waals surface area contributed by atoms with Gasteiger partial charge in [-0.15, -0.1) is 0 Å². The molecule has 140 valence electrons. The van der Waals surface area contributed by atoms with Crippen LogP contribution in [0.15, 0.2) is 30.6 Å². The smallest absolute Gasteiger partial charge is 0.259 e. The van der Waals surface area contributed by atoms with Gasteiger partial charge < -0.3 is 14.4 Å². The van der Waals surface area contributed by atoms with Gasteiger partial charge >= 0.3 is 0 Å². The number of carbonyl (C=O) groups excluding carboxylic acids is 1. The summed E-state index contributed by atoms with van der Waals surface area (Å²) in [7, 11) is 1.66. The summed E-state index contributed by atoms with van der Waals surface area (Å²) in [5, 5.41) is 4.08. The average Bonchev–Trinajstić information content (AvgIpc) is 3.06. The fourth-order valence-electron chi connectivity index (χ4n) is 2.96. The minimum absolute atomic E-state index is 0.0644. The van der Waals surface area contributed by atoms with Crippen LogP contribution in [0.25, 0.3) is 5.65 Å². The maximum absolute atomic E-state index is 14.0. The Balaban J connectivity index is 1.85. The van der Waals surface area contributed by atoms with Crippen LogP contribution < -0.4 is 9.47 Å². The predicted octanol–water partition coefficient (Wildman–Crippen LogP) is 3.13. The number of hydrogen-bond donors (Lipinski definition) is 0. The monoisotopic (exact) mass is 390 g/mol. The highest BCUT2D eigenvalue weighted by Gasteiger charge is 2.24. The molecule has 27 heavy (non-hydrogen) atoms. The van der Waals surface area contributed by atoms with Crippen LogP contribution in [0.4, 0.5) is 4.39 Å². The van der Waals surface area contributed by atoms with Crippen molar-refractivity contribution in [1.29, 1.82) is 0 Å². The van der Waals surface area contributed by atoms with E-state index in [-0.39, 0.29) is 23.4 Å². The maximum atomic E-state index is 14.0. The molecule has 0 aliphatic carbocycles. The van der Waals surface area contributed by atoms with E-state index in [1.54, 1.807) is 26.2 Å². The van der Waals surface area contributed by atoms with Crippen LogP contribution in [-0.4, -0.2) is 45.6 Å². The molecule has 1 aromatic carbocycles. The standard InChI is InChI=1S/C18H16ClFN4O3/c1-10-15-13(4-3-12(20)16(15)19)26-8-7-23(2)18(25)11-9-21-24-6-5-14(27-10)22-17(11)24/h3-6,9-10H,7-8H2,1-2H3/t10-/m1/s1. The lowest BCUT2D eigenvalue weighted by Crippen LogP contribution is -2.31. The van der Waals surface area contributed by atoms with Gasteiger partial charge in [0, 0.05) is 19.3 Å². The number of nitrogens with zero attached hydrogens (tertiary/aromatic N) is 4. The molecule has 1 atom stereocenters. The second-order valence-electron chi connectivity index (χ2n) is 6.20. The summed E-state index contributed by atoms with van der Waals surface area (Å²) in [6, 6.07) is 4.36. The van der Waals surface area contributed by atoms with Gasteiger partial charge in [-0.25, -0.2) is 8.91 Å². The van der Waals surface area contributed by atoms with Gasteiger partial charge in [0.25, 0.3) is 5.91 Å². The van der Waals surface area contributed by atoms with Crippen molar-refractivity contribution in [3.63, 3.8) is 0 Å². The molecule has 0 fully saturated rings. The van der Waals surface area contributed by atoms with Crippen LogP contribution in [0.3, 0.4) is 0 Å². The molecular formula is C18H16ClFN4O3. The summed E-state index contributed by atoms with van der Waals surface area (Å²) in [6.45, 7) is 2.26. The van der Waals surface area contributed by atoms with Crippen molar-refractivity contribution in [2.45, 2.75) is 13.0 Å². The highest BCUT2D eigenvalue weighted by atomic mass is 35.5. The minimum Gasteiger partial charge on any atom is -0.491 e. The van der Waals surface area contributed by atoms with Crippen molar-refractivity contribution < 1.29 is 18.7 Å². The lowest BCUT2D eigenvalue weighted by molar-refractivity contribution is 0.0775. The van der Waals surface area contributed by atoms with Gasteiger partial charge in [0.2, 0.25) is 5.88 Å². The van der Waals surface area contributed by atoms with E-state index in [1.165, 1.54) is 27.7 Å². The number of ether oxygens (including phenoxy) is 2. The first kappa shape index (κ1) is 17.5. The summed E-state index contributed by atoms with van der Waals surface area (Å²) >= 11 is 6.18. The third-order valence-corrected chi connectivity index (χ3v) is 4.79. The zero-order chi connectivity index (χ0) is 19.1. The molecule has 1 aliphatic heterocycles. The van der Waals surface area contributed by atoms with Gasteiger partial charge in [0.15, 0.2) is 5.65 Å². The second kappa shape index (κ2) is 6.70. The molecule has 2 aromatic heterocycles. The maximum Gasteiger partial charge on any atom is 0.259 e. The number of carbonyl (C=O) groups is 1. The van der Waals surface area contributed by atoms with Crippen molar-refractivity contribution in [1.82, 2.24) is 19.5 Å². The van der Waals surface area contributed by atoms with E-state index in [2.05, 4.69) is 10.1 Å². The van der Waals surface area contributed by atoms with Crippen molar-refractivity contribution in [3.8, 4) is 11.6 Å². The molecule has 9 heteroatoms. The summed E-state index contributed by atoms with van der Waals surface area (Å²) in [5.74, 6) is -0.133. The van der Waals surface area contributed by atoms with Crippen LogP contribution in [0.1, 0.15) is 28.9 Å². The molecule has 0 N–H and O–H groups in total. The van der Waals surface area contributed by atoms with Gasteiger partial charge in [-0.1, -0.05) is 11.6 Å². The zero-order valence-electron chi connectivity index (χ0n) is 14.6. The van der Waals surface area contributed by atoms with Crippen LogP contribution in [0, 0.1) is 5.82 Å². The lowest BCUT2D eigenvalue weighted by atomic mass is 10.1. The van der Waals surface area contributed by atoms with Crippen LogP contribution in [0.5, 0.6) is 11.6 Å². The number of likely N-dealkylation sites (N-methyl/N-ethyl adjacent to an activating group) is 1. The second-order valence-corrected chi connectivity index (χ2v) is 6.58. The zero-order valence-corrected chi connectivity index (χ0v) is 15.4. The first-order chi connectivity index (χ1) is 13.0. The summed E-state index contributed by atoms with van der Waals surface area (Å²) < 4.78 is 27.2. The molecule has 7 nitrogen and oxygen atoms in total. The summed E-state index contributed by atoms with van der Waals surface area (Å²) in [6.07, 6.45) is 2.49. The van der Waals surface area contributed by atoms with Crippen molar-refractivity contribution in [2.24, 2.45) is 0 Å². The average molecular weight is 391 g/mol. The first-order valence-corrected chi connectivity index (χ1v) is 8.70. The number of amides is 1. The fourth-order valence-corrected chi connectivity index (χ4v) is 3.27. The normalized spacial score (nSPS) is 17.6. The molecule has 0 spiro atoms. The number of fused-ring (bicyclic) bond motifs is 2. The minimum atomic E-state index is -0.626. The molecule has 3 aromatic rings. The number of hydrogen-bond acceptors (Lipinski definition) is 5. The Labute approximate surface area is 159 Å². The lowest BCUT2D eigenvalue weighted by Gasteiger charge is -2.20. The molecule has 1 amide bonds. The summed E-state index contributed by atoms with van der Waals surface area (Å²) in [5.41, 5.74) is 1.12. The Bertz CT molecular complexity index is 1040. The SMILES string of the molecule is C[C@H]1Oc2ccn3ncc(c3n2)C(=O)N(C)CCOc2ccc(F)c(Cl)c21. The van der Waals surface area contributed by atoms with E-state index in [1.807, 2.05) is 0 Å². The Hall–Kier alpha value is -2.87. The van der Waals surface area contributed by atoms with E-state index in [4.69, 9.17) is 21.1 Å². The van der Waals surface area contributed by atoms with Crippen molar-refractivity contribution in [3.05, 3.63) is 52.6 Å². The predicted molar refractivity (Wildman–Crippen MR) is 95.9 cm³/mol. The first-order valence-electron chi connectivity index (χ1n) is 8.33. The topological polar surface area (TPSA) is 69.0 Å². The van der Waals surface area contributed by atoms with Crippen molar-refractivity contribution in [2.75, 3.05) is 20.2 Å². The molecule has 4 rings (SSSR count). The third kappa shape index (κ3) is 3.06. The van der Waals surface area contributed by atoms with E-state index in [0.717, 1.165) is 0 Å². The molecule has 0 saturated heterocycles. The van der Waals surface area contributed by atoms with Crippen LogP contribution >= 0.6 is 11.6 Å². The largest absolute Gasteiger partial charge is 0.491 e. The number of benzene rings is 1. The van der Waals surface area contributed by atoms with E-state index >= 15 is 0 Å². The molecule has 0 unspecified atom stereocenters. The van der Waals surface area contributed by atoms with Gasteiger partial charge in [0.1, 0.15) is 29.8 Å². The van der Waals surface area contributed by atoms with Crippen molar-refractivity contribution >= 4 is 23.2 Å². The Morgan fingerprint density at radius 1 is 1.33 bits per heavy atom. The highest BCUT2D eigenvalue weighted by molar-refractivity contribution is 6.31.